The molecular weight excluding hydrogens is 614 g/mol. The van der Waals surface area contributed by atoms with Crippen molar-refractivity contribution in [2.75, 3.05) is 49.6 Å². The van der Waals surface area contributed by atoms with Crippen molar-refractivity contribution in [3.8, 4) is 0 Å². The van der Waals surface area contributed by atoms with Gasteiger partial charge in [0.1, 0.15) is 12.6 Å². The Morgan fingerprint density at radius 3 is 2.45 bits per heavy atom. The Kier molecular flexibility index (Phi) is 10.1. The van der Waals surface area contributed by atoms with Gasteiger partial charge in [-0.05, 0) is 49.1 Å². The summed E-state index contributed by atoms with van der Waals surface area (Å²) in [5, 5.41) is 4.75. The highest BCUT2D eigenvalue weighted by atomic mass is 35.5. The fourth-order valence-corrected chi connectivity index (χ4v) is 5.67. The van der Waals surface area contributed by atoms with Crippen LogP contribution in [0.4, 0.5) is 37.7 Å². The van der Waals surface area contributed by atoms with Gasteiger partial charge < -0.3 is 20.3 Å². The van der Waals surface area contributed by atoms with Crippen LogP contribution in [0.3, 0.4) is 0 Å². The molecule has 0 radical (unpaired) electrons. The number of morpholine rings is 1. The molecule has 8 nitrogen and oxygen atoms in total. The summed E-state index contributed by atoms with van der Waals surface area (Å²) in [6, 6.07) is 4.08. The van der Waals surface area contributed by atoms with Crippen LogP contribution in [0.25, 0.3) is 0 Å². The highest BCUT2D eigenvalue weighted by Crippen LogP contribution is 2.39. The van der Waals surface area contributed by atoms with Crippen molar-refractivity contribution in [2.24, 2.45) is 5.92 Å². The van der Waals surface area contributed by atoms with Crippen LogP contribution in [0.5, 0.6) is 0 Å². The number of rotatable bonds is 10. The quantitative estimate of drug-likeness (QED) is 0.349. The number of anilines is 2. The number of thiophene rings is 1. The van der Waals surface area contributed by atoms with Crippen molar-refractivity contribution in [2.45, 2.75) is 37.7 Å². The van der Waals surface area contributed by atoms with E-state index < -0.39 is 67.1 Å². The first-order valence-corrected chi connectivity index (χ1v) is 14.2. The van der Waals surface area contributed by atoms with E-state index in [-0.39, 0.29) is 36.2 Å². The fraction of sp³-hybridized carbons (Fsp3) is 0.500. The van der Waals surface area contributed by atoms with Crippen LogP contribution in [0.1, 0.15) is 34.5 Å². The van der Waals surface area contributed by atoms with E-state index in [1.54, 1.807) is 0 Å². The molecule has 3 amide bonds. The molecule has 2 N–H and O–H groups in total. The van der Waals surface area contributed by atoms with Gasteiger partial charge in [-0.25, -0.2) is 0 Å². The number of hydrogen-bond acceptors (Lipinski definition) is 6. The average molecular weight is 641 g/mol. The molecule has 4 rings (SSSR count). The lowest BCUT2D eigenvalue weighted by Crippen LogP contribution is -2.55. The van der Waals surface area contributed by atoms with Gasteiger partial charge in [0.25, 0.3) is 11.8 Å². The van der Waals surface area contributed by atoms with E-state index in [1.807, 2.05) is 0 Å². The van der Waals surface area contributed by atoms with E-state index in [9.17, 15) is 40.7 Å². The maximum absolute atomic E-state index is 14.0. The van der Waals surface area contributed by atoms with Gasteiger partial charge in [0.15, 0.2) is 0 Å². The Morgan fingerprint density at radius 2 is 1.88 bits per heavy atom. The summed E-state index contributed by atoms with van der Waals surface area (Å²) < 4.78 is 88.1. The van der Waals surface area contributed by atoms with Crippen molar-refractivity contribution in [3.05, 3.63) is 45.1 Å². The van der Waals surface area contributed by atoms with E-state index in [1.165, 1.54) is 12.1 Å². The molecule has 2 aromatic rings. The highest BCUT2D eigenvalue weighted by molar-refractivity contribution is 7.18. The standard InChI is InChI=1S/C26H27ClF6N4O4S/c27-21-7-6-20(42-21)24(40)34-11-19(36(14-25(28,29)30)12-15-2-1-3-15)23(39)35-16-4-5-18(17(10-16)26(31,32)33)37-8-9-41-13-22(37)38/h4-7,10,15,19H,1-3,8-9,11-14H2,(H,34,40)(H,35,39)/t19-/m0/s1. The molecule has 0 bridgehead atoms. The Hall–Kier alpha value is -2.88. The number of ether oxygens (including phenoxy) is 1. The lowest BCUT2D eigenvalue weighted by Gasteiger charge is -2.37. The minimum absolute atomic E-state index is 0.0304. The molecule has 2 heterocycles. The lowest BCUT2D eigenvalue weighted by molar-refractivity contribution is -0.156. The smallest absolute Gasteiger partial charge is 0.370 e. The topological polar surface area (TPSA) is 91.0 Å². The van der Waals surface area contributed by atoms with Crippen LogP contribution in [-0.4, -0.2) is 74.2 Å². The summed E-state index contributed by atoms with van der Waals surface area (Å²) in [6.07, 6.45) is -7.45. The molecule has 1 aromatic heterocycles. The molecule has 16 heteroatoms. The number of amides is 3. The third-order valence-corrected chi connectivity index (χ3v) is 8.17. The predicted molar refractivity (Wildman–Crippen MR) is 144 cm³/mol. The fourth-order valence-electron chi connectivity index (χ4n) is 4.71. The SMILES string of the molecule is O=C(NC[C@@H](C(=O)Nc1ccc(N2CCOCC2=O)c(C(F)(F)F)c1)N(CC1CCC1)CC(F)(F)F)c1ccc(Cl)s1. The molecule has 1 saturated heterocycles. The summed E-state index contributed by atoms with van der Waals surface area (Å²) >= 11 is 6.79. The molecule has 1 saturated carbocycles. The first-order chi connectivity index (χ1) is 19.7. The van der Waals surface area contributed by atoms with Crippen molar-refractivity contribution in [1.29, 1.82) is 0 Å². The second kappa shape index (κ2) is 13.2. The van der Waals surface area contributed by atoms with Crippen molar-refractivity contribution in [3.63, 3.8) is 0 Å². The van der Waals surface area contributed by atoms with Crippen LogP contribution in [-0.2, 0) is 20.5 Å². The van der Waals surface area contributed by atoms with Crippen molar-refractivity contribution >= 4 is 52.0 Å². The van der Waals surface area contributed by atoms with Gasteiger partial charge in [-0.15, -0.1) is 11.3 Å². The number of carbonyl (C=O) groups excluding carboxylic acids is 3. The van der Waals surface area contributed by atoms with Crippen molar-refractivity contribution in [1.82, 2.24) is 10.2 Å². The van der Waals surface area contributed by atoms with Gasteiger partial charge in [-0.2, -0.15) is 26.3 Å². The van der Waals surface area contributed by atoms with Gasteiger partial charge in [0, 0.05) is 25.3 Å². The Balaban J connectivity index is 1.61. The minimum atomic E-state index is -4.92. The molecule has 230 valence electrons. The van der Waals surface area contributed by atoms with Gasteiger partial charge >= 0.3 is 12.4 Å². The number of nitrogens with zero attached hydrogens (tertiary/aromatic N) is 2. The van der Waals surface area contributed by atoms with E-state index in [0.29, 0.717) is 23.2 Å². The minimum Gasteiger partial charge on any atom is -0.370 e. The van der Waals surface area contributed by atoms with E-state index >= 15 is 0 Å². The first kappa shape index (κ1) is 32.0. The van der Waals surface area contributed by atoms with Crippen LogP contribution in [0, 0.1) is 5.92 Å². The summed E-state index contributed by atoms with van der Waals surface area (Å²) in [6.45, 7) is -2.58. The Labute approximate surface area is 245 Å². The van der Waals surface area contributed by atoms with E-state index in [4.69, 9.17) is 16.3 Å². The van der Waals surface area contributed by atoms with Crippen LogP contribution in [0.15, 0.2) is 30.3 Å². The number of alkyl halides is 6. The zero-order valence-corrected chi connectivity index (χ0v) is 23.6. The third kappa shape index (κ3) is 8.36. The molecule has 1 aliphatic carbocycles. The molecule has 1 aliphatic heterocycles. The maximum Gasteiger partial charge on any atom is 0.418 e. The lowest BCUT2D eigenvalue weighted by atomic mass is 9.84. The molecule has 0 spiro atoms. The van der Waals surface area contributed by atoms with Gasteiger partial charge in [0.2, 0.25) is 5.91 Å². The van der Waals surface area contributed by atoms with E-state index in [0.717, 1.165) is 39.7 Å². The second-order valence-electron chi connectivity index (χ2n) is 9.99. The van der Waals surface area contributed by atoms with Gasteiger partial charge in [-0.1, -0.05) is 18.0 Å². The largest absolute Gasteiger partial charge is 0.418 e. The number of hydrogen-bond donors (Lipinski definition) is 2. The highest BCUT2D eigenvalue weighted by Gasteiger charge is 2.40. The Morgan fingerprint density at radius 1 is 1.14 bits per heavy atom. The summed E-state index contributed by atoms with van der Waals surface area (Å²) in [7, 11) is 0. The third-order valence-electron chi connectivity index (χ3n) is 6.94. The number of benzene rings is 1. The van der Waals surface area contributed by atoms with Crippen LogP contribution in [0.2, 0.25) is 4.34 Å². The molecule has 1 atom stereocenters. The number of nitrogens with one attached hydrogen (secondary N) is 2. The molecule has 0 unspecified atom stereocenters. The molecule has 2 aliphatic rings. The number of halogens is 7. The van der Waals surface area contributed by atoms with Crippen molar-refractivity contribution < 1.29 is 45.5 Å². The second-order valence-corrected chi connectivity index (χ2v) is 11.7. The summed E-state index contributed by atoms with van der Waals surface area (Å²) in [5.74, 6) is -2.48. The van der Waals surface area contributed by atoms with Gasteiger partial charge in [-0.3, -0.25) is 19.3 Å². The average Bonchev–Trinajstić information content (AvgIpc) is 3.31. The maximum atomic E-state index is 14.0. The zero-order chi connectivity index (χ0) is 30.7. The molecular formula is C26H27ClF6N4O4S. The molecule has 42 heavy (non-hydrogen) atoms. The number of carbonyl (C=O) groups is 3. The van der Waals surface area contributed by atoms with E-state index in [2.05, 4.69) is 10.6 Å². The first-order valence-electron chi connectivity index (χ1n) is 13.0. The summed E-state index contributed by atoms with van der Waals surface area (Å²) in [4.78, 5) is 40.2. The summed E-state index contributed by atoms with van der Waals surface area (Å²) in [5.41, 5.74) is -1.98. The monoisotopic (exact) mass is 640 g/mol. The zero-order valence-electron chi connectivity index (χ0n) is 22.0. The predicted octanol–water partition coefficient (Wildman–Crippen LogP) is 5.19. The van der Waals surface area contributed by atoms with Crippen LogP contribution >= 0.6 is 22.9 Å². The Bertz CT molecular complexity index is 1300. The van der Waals surface area contributed by atoms with Crippen LogP contribution < -0.4 is 15.5 Å². The normalized spacial score (nSPS) is 17.2. The van der Waals surface area contributed by atoms with Gasteiger partial charge in [0.05, 0.1) is 33.6 Å². The molecule has 2 fully saturated rings. The molecule has 1 aromatic carbocycles.